The Bertz CT molecular complexity index is 1390. The lowest BCUT2D eigenvalue weighted by molar-refractivity contribution is -0.113. The van der Waals surface area contributed by atoms with E-state index < -0.39 is 0 Å². The van der Waals surface area contributed by atoms with E-state index in [0.29, 0.717) is 25.2 Å². The average Bonchev–Trinajstić information content (AvgIpc) is 3.14. The fraction of sp³-hybridized carbons (Fsp3) is 0.182. The summed E-state index contributed by atoms with van der Waals surface area (Å²) in [6.07, 6.45) is 0.940. The molecule has 0 aliphatic carbocycles. The van der Waals surface area contributed by atoms with Crippen LogP contribution < -0.4 is 15.6 Å². The van der Waals surface area contributed by atoms with E-state index in [1.165, 1.54) is 16.9 Å². The standard InChI is InChI=1S/C22H20N4O3S3/c1-3-13-7-9-14(10-8-13)23-17(27)12-31-21-24-19-18(20(28)25-21)32-22(30)26(19)15-5-4-6-16(11-15)29-2/h4-11H,3,12H2,1-2H3,(H,23,27)(H,24,25,28). The quantitative estimate of drug-likeness (QED) is 0.222. The van der Waals surface area contributed by atoms with Crippen LogP contribution in [0, 0.1) is 3.95 Å². The smallest absolute Gasteiger partial charge is 0.271 e. The van der Waals surface area contributed by atoms with Crippen LogP contribution in [0.15, 0.2) is 58.5 Å². The van der Waals surface area contributed by atoms with Crippen molar-refractivity contribution in [2.24, 2.45) is 0 Å². The number of thiazole rings is 1. The molecule has 0 bridgehead atoms. The monoisotopic (exact) mass is 484 g/mol. The van der Waals surface area contributed by atoms with E-state index in [9.17, 15) is 9.59 Å². The Balaban J connectivity index is 1.57. The maximum Gasteiger partial charge on any atom is 0.271 e. The van der Waals surface area contributed by atoms with Gasteiger partial charge in [-0.1, -0.05) is 48.2 Å². The van der Waals surface area contributed by atoms with Crippen molar-refractivity contribution in [3.63, 3.8) is 0 Å². The molecule has 0 atom stereocenters. The van der Waals surface area contributed by atoms with E-state index >= 15 is 0 Å². The minimum absolute atomic E-state index is 0.105. The van der Waals surface area contributed by atoms with Gasteiger partial charge in [0.15, 0.2) is 14.8 Å². The Morgan fingerprint density at radius 2 is 2.06 bits per heavy atom. The first-order chi connectivity index (χ1) is 15.5. The van der Waals surface area contributed by atoms with Gasteiger partial charge in [0.2, 0.25) is 5.91 Å². The predicted molar refractivity (Wildman–Crippen MR) is 132 cm³/mol. The van der Waals surface area contributed by atoms with Gasteiger partial charge in [-0.2, -0.15) is 0 Å². The number of thioether (sulfide) groups is 1. The van der Waals surface area contributed by atoms with Crippen molar-refractivity contribution in [1.29, 1.82) is 0 Å². The summed E-state index contributed by atoms with van der Waals surface area (Å²) in [6, 6.07) is 15.1. The van der Waals surface area contributed by atoms with E-state index in [4.69, 9.17) is 17.0 Å². The average molecular weight is 485 g/mol. The molecule has 2 aromatic carbocycles. The first-order valence-corrected chi connectivity index (χ1v) is 12.0. The molecule has 0 fully saturated rings. The van der Waals surface area contributed by atoms with Gasteiger partial charge < -0.3 is 15.0 Å². The highest BCUT2D eigenvalue weighted by atomic mass is 32.2. The number of amides is 1. The Labute approximate surface area is 197 Å². The fourth-order valence-corrected chi connectivity index (χ4v) is 5.02. The number of methoxy groups -OCH3 is 1. The number of benzene rings is 2. The van der Waals surface area contributed by atoms with Crippen LogP contribution in [0.1, 0.15) is 12.5 Å². The van der Waals surface area contributed by atoms with Crippen molar-refractivity contribution in [2.45, 2.75) is 18.5 Å². The number of rotatable bonds is 7. The van der Waals surface area contributed by atoms with E-state index in [2.05, 4.69) is 22.2 Å². The minimum Gasteiger partial charge on any atom is -0.497 e. The molecule has 2 aromatic heterocycles. The third-order valence-corrected chi connectivity index (χ3v) is 6.95. The highest BCUT2D eigenvalue weighted by Gasteiger charge is 2.15. The van der Waals surface area contributed by atoms with Gasteiger partial charge in [-0.25, -0.2) is 4.98 Å². The van der Waals surface area contributed by atoms with Gasteiger partial charge in [-0.15, -0.1) is 0 Å². The Hall–Kier alpha value is -2.95. The van der Waals surface area contributed by atoms with Gasteiger partial charge in [-0.05, 0) is 48.5 Å². The van der Waals surface area contributed by atoms with E-state index in [1.807, 2.05) is 48.5 Å². The fourth-order valence-electron chi connectivity index (χ4n) is 3.09. The Morgan fingerprint density at radius 1 is 1.28 bits per heavy atom. The molecular formula is C22H20N4O3S3. The summed E-state index contributed by atoms with van der Waals surface area (Å²) >= 11 is 7.84. The topological polar surface area (TPSA) is 89.0 Å². The number of ether oxygens (including phenoxy) is 1. The third-order valence-electron chi connectivity index (χ3n) is 4.72. The van der Waals surface area contributed by atoms with Crippen molar-refractivity contribution in [1.82, 2.24) is 14.5 Å². The number of aryl methyl sites for hydroxylation is 1. The number of nitrogens with zero attached hydrogens (tertiary/aromatic N) is 2. The number of carbonyl (C=O) groups excluding carboxylic acids is 1. The van der Waals surface area contributed by atoms with Crippen molar-refractivity contribution in [3.8, 4) is 11.4 Å². The van der Waals surface area contributed by atoms with E-state index in [-0.39, 0.29) is 17.2 Å². The SMILES string of the molecule is CCc1ccc(NC(=O)CSc2nc3c(sc(=S)n3-c3cccc(OC)c3)c(=O)[nH]2)cc1. The summed E-state index contributed by atoms with van der Waals surface area (Å²) in [5.41, 5.74) is 2.85. The number of aromatic nitrogens is 3. The second-order valence-corrected chi connectivity index (χ2v) is 9.42. The van der Waals surface area contributed by atoms with E-state index in [0.717, 1.165) is 29.6 Å². The third kappa shape index (κ3) is 4.77. The second-order valence-electron chi connectivity index (χ2n) is 6.82. The Kier molecular flexibility index (Phi) is 6.73. The van der Waals surface area contributed by atoms with Gasteiger partial charge in [0, 0.05) is 11.8 Å². The molecule has 10 heteroatoms. The zero-order valence-corrected chi connectivity index (χ0v) is 19.8. The van der Waals surface area contributed by atoms with Crippen LogP contribution in [0.5, 0.6) is 5.75 Å². The normalized spacial score (nSPS) is 10.9. The second kappa shape index (κ2) is 9.68. The van der Waals surface area contributed by atoms with Gasteiger partial charge >= 0.3 is 0 Å². The zero-order valence-electron chi connectivity index (χ0n) is 17.4. The molecule has 1 amide bonds. The van der Waals surface area contributed by atoms with Gasteiger partial charge in [0.25, 0.3) is 5.56 Å². The Morgan fingerprint density at radius 3 is 2.78 bits per heavy atom. The van der Waals surface area contributed by atoms with Gasteiger partial charge in [-0.3, -0.25) is 14.2 Å². The lowest BCUT2D eigenvalue weighted by Gasteiger charge is -2.08. The minimum atomic E-state index is -0.286. The van der Waals surface area contributed by atoms with Crippen LogP contribution in [0.4, 0.5) is 5.69 Å². The summed E-state index contributed by atoms with van der Waals surface area (Å²) in [7, 11) is 1.59. The van der Waals surface area contributed by atoms with Crippen molar-refractivity contribution >= 4 is 57.3 Å². The molecule has 0 unspecified atom stereocenters. The summed E-state index contributed by atoms with van der Waals surface area (Å²) in [4.78, 5) is 32.3. The predicted octanol–water partition coefficient (Wildman–Crippen LogP) is 4.81. The highest BCUT2D eigenvalue weighted by Crippen LogP contribution is 2.26. The van der Waals surface area contributed by atoms with Crippen LogP contribution in [-0.2, 0) is 11.2 Å². The molecule has 0 radical (unpaired) electrons. The molecule has 7 nitrogen and oxygen atoms in total. The van der Waals surface area contributed by atoms with Crippen LogP contribution in [0.3, 0.4) is 0 Å². The lowest BCUT2D eigenvalue weighted by atomic mass is 10.1. The summed E-state index contributed by atoms with van der Waals surface area (Å²) in [5.74, 6) is 0.595. The molecule has 164 valence electrons. The molecule has 0 aliphatic heterocycles. The molecular weight excluding hydrogens is 464 g/mol. The van der Waals surface area contributed by atoms with Crippen LogP contribution >= 0.6 is 35.3 Å². The van der Waals surface area contributed by atoms with Crippen molar-refractivity contribution in [3.05, 3.63) is 68.4 Å². The summed E-state index contributed by atoms with van der Waals surface area (Å²) in [5, 5.41) is 3.21. The number of anilines is 1. The van der Waals surface area contributed by atoms with Crippen LogP contribution in [0.2, 0.25) is 0 Å². The molecule has 0 saturated heterocycles. The van der Waals surface area contributed by atoms with Gasteiger partial charge in [0.05, 0.1) is 18.6 Å². The largest absolute Gasteiger partial charge is 0.497 e. The first-order valence-electron chi connectivity index (χ1n) is 9.80. The molecule has 0 spiro atoms. The first kappa shape index (κ1) is 22.3. The molecule has 2 N–H and O–H groups in total. The summed E-state index contributed by atoms with van der Waals surface area (Å²) < 4.78 is 7.98. The molecule has 32 heavy (non-hydrogen) atoms. The van der Waals surface area contributed by atoms with Crippen LogP contribution in [0.25, 0.3) is 16.0 Å². The molecule has 4 aromatic rings. The van der Waals surface area contributed by atoms with Crippen LogP contribution in [-0.4, -0.2) is 33.3 Å². The number of hydrogen-bond acceptors (Lipinski definition) is 7. The number of nitrogens with one attached hydrogen (secondary N) is 2. The van der Waals surface area contributed by atoms with E-state index in [1.54, 1.807) is 11.7 Å². The lowest BCUT2D eigenvalue weighted by Crippen LogP contribution is -2.15. The highest BCUT2D eigenvalue weighted by molar-refractivity contribution is 7.99. The molecule has 2 heterocycles. The maximum atomic E-state index is 12.6. The molecule has 0 saturated carbocycles. The maximum absolute atomic E-state index is 12.6. The van der Waals surface area contributed by atoms with Crippen molar-refractivity contribution < 1.29 is 9.53 Å². The zero-order chi connectivity index (χ0) is 22.7. The van der Waals surface area contributed by atoms with Gasteiger partial charge in [0.1, 0.15) is 10.4 Å². The summed E-state index contributed by atoms with van der Waals surface area (Å²) in [6.45, 7) is 2.08. The molecule has 0 aliphatic rings. The number of fused-ring (bicyclic) bond motifs is 1. The number of hydrogen-bond donors (Lipinski definition) is 2. The van der Waals surface area contributed by atoms with Crippen molar-refractivity contribution in [2.75, 3.05) is 18.2 Å². The number of H-pyrrole nitrogens is 1. The number of aromatic amines is 1. The number of carbonyl (C=O) groups is 1. The molecule has 4 rings (SSSR count).